The van der Waals surface area contributed by atoms with E-state index in [1.165, 1.54) is 6.42 Å². The number of piperidine rings is 1. The van der Waals surface area contributed by atoms with Gasteiger partial charge in [-0.05, 0) is 31.4 Å². The van der Waals surface area contributed by atoms with Gasteiger partial charge in [0.05, 0.1) is 18.2 Å². The Labute approximate surface area is 161 Å². The number of hydrogen-bond donors (Lipinski definition) is 1. The Morgan fingerprint density at radius 1 is 1.19 bits per heavy atom. The molecule has 5 rings (SSSR count). The minimum Gasteiger partial charge on any atom is -0.345 e. The van der Waals surface area contributed by atoms with Gasteiger partial charge in [0, 0.05) is 50.2 Å². The van der Waals surface area contributed by atoms with E-state index < -0.39 is 0 Å². The molecule has 3 aliphatic rings. The quantitative estimate of drug-likeness (QED) is 0.817. The minimum atomic E-state index is 0.106. The van der Waals surface area contributed by atoms with E-state index in [2.05, 4.69) is 31.7 Å². The van der Waals surface area contributed by atoms with Crippen molar-refractivity contribution in [3.8, 4) is 0 Å². The van der Waals surface area contributed by atoms with Crippen molar-refractivity contribution in [2.24, 2.45) is 5.92 Å². The molecule has 5 heterocycles. The molecule has 3 fully saturated rings. The number of imidazole rings is 1. The Bertz CT molecular complexity index is 759. The fraction of sp³-hybridized carbons (Fsp3) is 0.571. The molecule has 0 saturated carbocycles. The molecule has 2 bridgehead atoms. The molecule has 1 amide bonds. The fourth-order valence-corrected chi connectivity index (χ4v) is 4.33. The second kappa shape index (κ2) is 8.21. The van der Waals surface area contributed by atoms with Crippen LogP contribution in [0.2, 0.25) is 0 Å². The largest absolute Gasteiger partial charge is 0.345 e. The van der Waals surface area contributed by atoms with Gasteiger partial charge in [-0.15, -0.1) is 0 Å². The Balaban J connectivity index is 1.42. The van der Waals surface area contributed by atoms with Crippen molar-refractivity contribution < 1.29 is 4.79 Å². The van der Waals surface area contributed by atoms with Crippen LogP contribution in [-0.2, 0) is 24.3 Å². The summed E-state index contributed by atoms with van der Waals surface area (Å²) in [5, 5.41) is 0. The van der Waals surface area contributed by atoms with Crippen molar-refractivity contribution in [1.29, 1.82) is 0 Å². The monoisotopic (exact) mass is 367 g/mol. The number of H-pyrrole nitrogens is 1. The number of aromatic nitrogens is 3. The van der Waals surface area contributed by atoms with Gasteiger partial charge in [0.2, 0.25) is 5.91 Å². The molecule has 144 valence electrons. The molecule has 2 aromatic heterocycles. The van der Waals surface area contributed by atoms with Gasteiger partial charge < -0.3 is 9.88 Å². The van der Waals surface area contributed by atoms with E-state index in [1.807, 2.05) is 24.4 Å². The van der Waals surface area contributed by atoms with Crippen LogP contribution in [0.5, 0.6) is 0 Å². The SMILES string of the molecule is CCCCc1ncc(CN2C[C@@H]3CC[C@H](C2)N(Cc2ccccn2)C3=O)[nH]1. The first-order chi connectivity index (χ1) is 13.2. The molecule has 0 aromatic carbocycles. The zero-order valence-corrected chi connectivity index (χ0v) is 16.1. The Morgan fingerprint density at radius 2 is 2.11 bits per heavy atom. The zero-order chi connectivity index (χ0) is 18.6. The van der Waals surface area contributed by atoms with E-state index in [0.29, 0.717) is 12.5 Å². The lowest BCUT2D eigenvalue weighted by molar-refractivity contribution is -0.140. The minimum absolute atomic E-state index is 0.106. The summed E-state index contributed by atoms with van der Waals surface area (Å²) < 4.78 is 0. The highest BCUT2D eigenvalue weighted by Crippen LogP contribution is 2.30. The second-order valence-electron chi connectivity index (χ2n) is 7.87. The number of hydrogen-bond acceptors (Lipinski definition) is 4. The highest BCUT2D eigenvalue weighted by Gasteiger charge is 2.40. The van der Waals surface area contributed by atoms with Crippen LogP contribution in [0.1, 0.15) is 49.8 Å². The molecule has 0 unspecified atom stereocenters. The molecule has 6 heteroatoms. The number of nitrogens with zero attached hydrogens (tertiary/aromatic N) is 4. The number of amides is 1. The van der Waals surface area contributed by atoms with Gasteiger partial charge in [0.25, 0.3) is 0 Å². The summed E-state index contributed by atoms with van der Waals surface area (Å²) in [5.74, 6) is 1.49. The molecule has 3 saturated heterocycles. The summed E-state index contributed by atoms with van der Waals surface area (Å²) in [4.78, 5) is 29.9. The van der Waals surface area contributed by atoms with Gasteiger partial charge >= 0.3 is 0 Å². The van der Waals surface area contributed by atoms with Crippen LogP contribution in [0.25, 0.3) is 0 Å². The third kappa shape index (κ3) is 4.21. The first-order valence-electron chi connectivity index (χ1n) is 10.2. The Hall–Kier alpha value is -2.21. The molecule has 2 atom stereocenters. The fourth-order valence-electron chi connectivity index (χ4n) is 4.33. The average molecular weight is 367 g/mol. The van der Waals surface area contributed by atoms with Crippen LogP contribution in [0, 0.1) is 5.92 Å². The standard InChI is InChI=1S/C21H29N5O/c1-2-3-7-20-23-11-18(24-20)13-25-12-16-8-9-19(15-25)26(21(16)27)14-17-6-4-5-10-22-17/h4-6,10-11,16,19H,2-3,7-9,12-15H2,1H3,(H,23,24)/t16-,19+/m0/s1. The number of pyridine rings is 1. The van der Waals surface area contributed by atoms with E-state index in [-0.39, 0.29) is 12.0 Å². The summed E-state index contributed by atoms with van der Waals surface area (Å²) in [6, 6.07) is 6.19. The highest BCUT2D eigenvalue weighted by atomic mass is 16.2. The molecule has 3 aliphatic heterocycles. The summed E-state index contributed by atoms with van der Waals surface area (Å²) in [5.41, 5.74) is 2.13. The number of unbranched alkanes of at least 4 members (excludes halogenated alkanes) is 1. The lowest BCUT2D eigenvalue weighted by Crippen LogP contribution is -2.47. The molecular formula is C21H29N5O. The number of carbonyl (C=O) groups is 1. The second-order valence-corrected chi connectivity index (χ2v) is 7.87. The lowest BCUT2D eigenvalue weighted by Gasteiger charge is -2.35. The van der Waals surface area contributed by atoms with Crippen LogP contribution >= 0.6 is 0 Å². The number of aromatic amines is 1. The summed E-state index contributed by atoms with van der Waals surface area (Å²) in [7, 11) is 0. The summed E-state index contributed by atoms with van der Waals surface area (Å²) >= 11 is 0. The maximum atomic E-state index is 13.0. The molecule has 2 aromatic rings. The number of rotatable bonds is 7. The predicted molar refractivity (Wildman–Crippen MR) is 104 cm³/mol. The first-order valence-corrected chi connectivity index (χ1v) is 10.2. The molecule has 1 N–H and O–H groups in total. The van der Waals surface area contributed by atoms with E-state index in [1.54, 1.807) is 6.20 Å². The number of nitrogens with one attached hydrogen (secondary N) is 1. The van der Waals surface area contributed by atoms with Gasteiger partial charge in [-0.2, -0.15) is 0 Å². The van der Waals surface area contributed by atoms with Gasteiger partial charge in [-0.3, -0.25) is 14.7 Å². The average Bonchev–Trinajstić information content (AvgIpc) is 2.97. The third-order valence-electron chi connectivity index (χ3n) is 5.77. The molecular weight excluding hydrogens is 338 g/mol. The van der Waals surface area contributed by atoms with E-state index >= 15 is 0 Å². The van der Waals surface area contributed by atoms with Gasteiger partial charge in [0.1, 0.15) is 5.82 Å². The van der Waals surface area contributed by atoms with Crippen molar-refractivity contribution in [3.05, 3.63) is 47.8 Å². The predicted octanol–water partition coefficient (Wildman–Crippen LogP) is 2.77. The van der Waals surface area contributed by atoms with Crippen molar-refractivity contribution in [1.82, 2.24) is 24.8 Å². The maximum Gasteiger partial charge on any atom is 0.227 e. The van der Waals surface area contributed by atoms with Crippen molar-refractivity contribution in [3.63, 3.8) is 0 Å². The summed E-state index contributed by atoms with van der Waals surface area (Å²) in [6.07, 6.45) is 9.21. The number of fused-ring (bicyclic) bond motifs is 4. The van der Waals surface area contributed by atoms with Crippen molar-refractivity contribution in [2.75, 3.05) is 13.1 Å². The highest BCUT2D eigenvalue weighted by molar-refractivity contribution is 5.80. The molecule has 6 nitrogen and oxygen atoms in total. The van der Waals surface area contributed by atoms with Crippen LogP contribution < -0.4 is 0 Å². The van der Waals surface area contributed by atoms with Gasteiger partial charge in [-0.1, -0.05) is 19.4 Å². The van der Waals surface area contributed by atoms with Gasteiger partial charge in [-0.25, -0.2) is 4.98 Å². The van der Waals surface area contributed by atoms with E-state index in [4.69, 9.17) is 0 Å². The Kier molecular flexibility index (Phi) is 5.53. The van der Waals surface area contributed by atoms with Crippen molar-refractivity contribution in [2.45, 2.75) is 58.2 Å². The Morgan fingerprint density at radius 3 is 2.93 bits per heavy atom. The first kappa shape index (κ1) is 18.2. The molecule has 0 radical (unpaired) electrons. The smallest absolute Gasteiger partial charge is 0.227 e. The van der Waals surface area contributed by atoms with E-state index in [9.17, 15) is 4.79 Å². The van der Waals surface area contributed by atoms with Crippen LogP contribution in [0.3, 0.4) is 0 Å². The third-order valence-corrected chi connectivity index (χ3v) is 5.77. The summed E-state index contributed by atoms with van der Waals surface area (Å²) in [6.45, 7) is 5.44. The molecule has 0 spiro atoms. The van der Waals surface area contributed by atoms with Crippen LogP contribution in [0.15, 0.2) is 30.6 Å². The van der Waals surface area contributed by atoms with Gasteiger partial charge in [0.15, 0.2) is 0 Å². The maximum absolute atomic E-state index is 13.0. The zero-order valence-electron chi connectivity index (χ0n) is 16.1. The normalized spacial score (nSPS) is 23.0. The van der Waals surface area contributed by atoms with Crippen LogP contribution in [-0.4, -0.2) is 49.8 Å². The lowest BCUT2D eigenvalue weighted by atomic mass is 9.94. The number of carbonyl (C=O) groups excluding carboxylic acids is 1. The van der Waals surface area contributed by atoms with E-state index in [0.717, 1.165) is 62.5 Å². The molecule has 27 heavy (non-hydrogen) atoms. The number of aryl methyl sites for hydroxylation is 1. The van der Waals surface area contributed by atoms with Crippen LogP contribution in [0.4, 0.5) is 0 Å². The van der Waals surface area contributed by atoms with Crippen molar-refractivity contribution >= 4 is 5.91 Å². The molecule has 0 aliphatic carbocycles. The topological polar surface area (TPSA) is 65.1 Å².